The van der Waals surface area contributed by atoms with Crippen LogP contribution in [0, 0.1) is 5.82 Å². The molecule has 1 aliphatic rings. The van der Waals surface area contributed by atoms with Gasteiger partial charge in [0.2, 0.25) is 0 Å². The van der Waals surface area contributed by atoms with Crippen molar-refractivity contribution in [2.24, 2.45) is 4.99 Å². The Morgan fingerprint density at radius 3 is 2.15 bits per heavy atom. The minimum atomic E-state index is -3.89. The van der Waals surface area contributed by atoms with E-state index in [0.29, 0.717) is 5.56 Å². The average Bonchev–Trinajstić information content (AvgIpc) is 2.59. The Bertz CT molecular complexity index is 691. The van der Waals surface area contributed by atoms with Crippen LogP contribution < -0.4 is 0 Å². The summed E-state index contributed by atoms with van der Waals surface area (Å²) in [6.07, 6.45) is 4.75. The van der Waals surface area contributed by atoms with Crippen LogP contribution in [0.1, 0.15) is 65.4 Å². The number of phosphoric ester groups is 1. The number of aliphatic imine (C=N–C) groups is 1. The van der Waals surface area contributed by atoms with Crippen molar-refractivity contribution in [3.63, 3.8) is 0 Å². The average molecular weight is 397 g/mol. The molecule has 0 saturated heterocycles. The minimum Gasteiger partial charge on any atom is -0.393 e. The van der Waals surface area contributed by atoms with Gasteiger partial charge in [-0.3, -0.25) is 9.05 Å². The standard InChI is InChI=1S/C20H29FNO4P/c1-15(2)24-27(23,25-16(3)4)26-20(17-10-12-18(21)13-11-17)14-22-19-8-6-5-7-9-19/h10-13,15-16,19H,5-9H2,1-4H3. The van der Waals surface area contributed by atoms with Gasteiger partial charge >= 0.3 is 7.82 Å². The third-order valence-electron chi connectivity index (χ3n) is 3.91. The van der Waals surface area contributed by atoms with Crippen LogP contribution in [0.5, 0.6) is 0 Å². The van der Waals surface area contributed by atoms with Gasteiger partial charge in [-0.25, -0.2) is 13.9 Å². The molecule has 2 rings (SSSR count). The van der Waals surface area contributed by atoms with E-state index in [0.717, 1.165) is 25.7 Å². The molecule has 0 bridgehead atoms. The molecule has 27 heavy (non-hydrogen) atoms. The molecule has 0 atom stereocenters. The Labute approximate surface area is 161 Å². The lowest BCUT2D eigenvalue weighted by Gasteiger charge is -2.22. The maximum absolute atomic E-state index is 13.3. The van der Waals surface area contributed by atoms with Crippen LogP contribution in [0.15, 0.2) is 29.3 Å². The Morgan fingerprint density at radius 1 is 1.07 bits per heavy atom. The minimum absolute atomic E-state index is 0.130. The zero-order valence-electron chi connectivity index (χ0n) is 16.5. The highest BCUT2D eigenvalue weighted by molar-refractivity contribution is 7.48. The maximum atomic E-state index is 13.3. The van der Waals surface area contributed by atoms with E-state index in [1.165, 1.54) is 30.7 Å². The van der Waals surface area contributed by atoms with E-state index in [4.69, 9.17) is 13.6 Å². The van der Waals surface area contributed by atoms with Crippen molar-refractivity contribution < 1.29 is 22.5 Å². The first-order chi connectivity index (χ1) is 12.8. The molecule has 150 valence electrons. The zero-order chi connectivity index (χ0) is 19.9. The van der Waals surface area contributed by atoms with Crippen molar-refractivity contribution in [3.05, 3.63) is 35.6 Å². The van der Waals surface area contributed by atoms with Gasteiger partial charge in [0.15, 0.2) is 5.76 Å². The summed E-state index contributed by atoms with van der Waals surface area (Å²) in [6.45, 7) is 6.99. The second-order valence-electron chi connectivity index (χ2n) is 7.22. The molecule has 0 amide bonds. The Hall–Kier alpha value is -1.45. The fourth-order valence-electron chi connectivity index (χ4n) is 2.80. The molecule has 0 aliphatic heterocycles. The molecule has 0 N–H and O–H groups in total. The van der Waals surface area contributed by atoms with Crippen molar-refractivity contribution in [1.29, 1.82) is 0 Å². The van der Waals surface area contributed by atoms with Gasteiger partial charge in [-0.2, -0.15) is 0 Å². The molecule has 1 saturated carbocycles. The van der Waals surface area contributed by atoms with E-state index in [1.807, 2.05) is 0 Å². The molecule has 1 fully saturated rings. The van der Waals surface area contributed by atoms with Crippen LogP contribution in [0.3, 0.4) is 0 Å². The lowest BCUT2D eigenvalue weighted by molar-refractivity contribution is 0.0979. The summed E-state index contributed by atoms with van der Waals surface area (Å²) < 4.78 is 43.0. The van der Waals surface area contributed by atoms with Gasteiger partial charge in [0.05, 0.1) is 18.2 Å². The van der Waals surface area contributed by atoms with Crippen LogP contribution in [-0.2, 0) is 18.1 Å². The fraction of sp³-hybridized carbons (Fsp3) is 0.600. The molecule has 1 aromatic carbocycles. The van der Waals surface area contributed by atoms with Gasteiger partial charge in [0, 0.05) is 11.4 Å². The van der Waals surface area contributed by atoms with Crippen LogP contribution >= 0.6 is 7.82 Å². The van der Waals surface area contributed by atoms with Crippen LogP contribution in [0.25, 0.3) is 5.76 Å². The Kier molecular flexibility index (Phi) is 8.25. The van der Waals surface area contributed by atoms with Gasteiger partial charge in [0.25, 0.3) is 0 Å². The van der Waals surface area contributed by atoms with E-state index < -0.39 is 7.82 Å². The molecular formula is C20H29FNO4P. The molecule has 0 aromatic heterocycles. The van der Waals surface area contributed by atoms with E-state index >= 15 is 0 Å². The summed E-state index contributed by atoms with van der Waals surface area (Å²) in [5.74, 6) is 2.65. The topological polar surface area (TPSA) is 57.1 Å². The van der Waals surface area contributed by atoms with Gasteiger partial charge in [0.1, 0.15) is 5.82 Å². The van der Waals surface area contributed by atoms with Crippen molar-refractivity contribution >= 4 is 19.5 Å². The highest BCUT2D eigenvalue weighted by atomic mass is 31.2. The van der Waals surface area contributed by atoms with Crippen LogP contribution in [0.2, 0.25) is 0 Å². The molecular weight excluding hydrogens is 368 g/mol. The first-order valence-electron chi connectivity index (χ1n) is 9.52. The number of hydrogen-bond acceptors (Lipinski definition) is 5. The maximum Gasteiger partial charge on any atom is 0.531 e. The van der Waals surface area contributed by atoms with E-state index in [9.17, 15) is 8.96 Å². The number of hydrogen-bond donors (Lipinski definition) is 0. The number of halogens is 1. The smallest absolute Gasteiger partial charge is 0.393 e. The van der Waals surface area contributed by atoms with Crippen LogP contribution in [0.4, 0.5) is 4.39 Å². The monoisotopic (exact) mass is 397 g/mol. The third kappa shape index (κ3) is 7.59. The summed E-state index contributed by atoms with van der Waals surface area (Å²) in [6, 6.07) is 5.83. The van der Waals surface area contributed by atoms with Crippen molar-refractivity contribution in [1.82, 2.24) is 0 Å². The number of nitrogens with zero attached hydrogens (tertiary/aromatic N) is 1. The second-order valence-corrected chi connectivity index (χ2v) is 8.71. The molecule has 0 heterocycles. The number of benzene rings is 1. The summed E-state index contributed by atoms with van der Waals surface area (Å²) in [4.78, 5) is 4.49. The van der Waals surface area contributed by atoms with Crippen molar-refractivity contribution in [2.75, 3.05) is 0 Å². The molecule has 1 aliphatic carbocycles. The number of rotatable bonds is 8. The van der Waals surface area contributed by atoms with Crippen molar-refractivity contribution in [3.8, 4) is 0 Å². The summed E-state index contributed by atoms with van der Waals surface area (Å²) >= 11 is 0. The van der Waals surface area contributed by atoms with Gasteiger partial charge < -0.3 is 4.52 Å². The third-order valence-corrected chi connectivity index (χ3v) is 5.68. The predicted molar refractivity (Wildman–Crippen MR) is 105 cm³/mol. The van der Waals surface area contributed by atoms with Gasteiger partial charge in [-0.15, -0.1) is 0 Å². The molecule has 7 heteroatoms. The SMILES string of the molecule is CC(C)OP(=O)(OC(=C=NC1CCCCC1)c1ccc(F)cc1)OC(C)C. The molecule has 0 spiro atoms. The van der Waals surface area contributed by atoms with E-state index in [1.54, 1.807) is 27.7 Å². The molecule has 1 aromatic rings. The zero-order valence-corrected chi connectivity index (χ0v) is 17.4. The second kappa shape index (κ2) is 10.2. The fourth-order valence-corrected chi connectivity index (χ4v) is 4.33. The summed E-state index contributed by atoms with van der Waals surface area (Å²) in [7, 11) is -3.89. The highest BCUT2D eigenvalue weighted by Gasteiger charge is 2.33. The molecule has 0 radical (unpaired) electrons. The normalized spacial score (nSPS) is 15.7. The predicted octanol–water partition coefficient (Wildman–Crippen LogP) is 6.14. The number of phosphoric acid groups is 1. The van der Waals surface area contributed by atoms with Gasteiger partial charge in [-0.05, 0) is 64.8 Å². The van der Waals surface area contributed by atoms with E-state index in [2.05, 4.69) is 10.9 Å². The highest BCUT2D eigenvalue weighted by Crippen LogP contribution is 2.54. The lowest BCUT2D eigenvalue weighted by atomic mass is 9.96. The quantitative estimate of drug-likeness (QED) is 0.300. The Balaban J connectivity index is 2.36. The Morgan fingerprint density at radius 2 is 1.63 bits per heavy atom. The van der Waals surface area contributed by atoms with Gasteiger partial charge in [-0.1, -0.05) is 19.3 Å². The lowest BCUT2D eigenvalue weighted by Crippen LogP contribution is -2.11. The first kappa shape index (κ1) is 21.8. The largest absolute Gasteiger partial charge is 0.531 e. The van der Waals surface area contributed by atoms with E-state index in [-0.39, 0.29) is 29.8 Å². The molecule has 0 unspecified atom stereocenters. The molecule has 5 nitrogen and oxygen atoms in total. The summed E-state index contributed by atoms with van der Waals surface area (Å²) in [5, 5.41) is 0. The first-order valence-corrected chi connectivity index (χ1v) is 11.0. The summed E-state index contributed by atoms with van der Waals surface area (Å²) in [5.41, 5.74) is 0.510. The van der Waals surface area contributed by atoms with Crippen molar-refractivity contribution in [2.45, 2.75) is 78.0 Å². The van der Waals surface area contributed by atoms with Crippen LogP contribution in [-0.4, -0.2) is 24.1 Å².